The average Bonchev–Trinajstić information content (AvgIpc) is 2.11. The van der Waals surface area contributed by atoms with Crippen LogP contribution in [0.5, 0.6) is 0 Å². The van der Waals surface area contributed by atoms with Crippen molar-refractivity contribution >= 4 is 0 Å². The lowest BCUT2D eigenvalue weighted by Crippen LogP contribution is -1.99. The summed E-state index contributed by atoms with van der Waals surface area (Å²) in [6.07, 6.45) is 0.0704. The minimum absolute atomic E-state index is 0.0278. The molecule has 0 N–H and O–H groups in total. The van der Waals surface area contributed by atoms with Gasteiger partial charge < -0.3 is 0 Å². The van der Waals surface area contributed by atoms with Gasteiger partial charge in [-0.05, 0) is 19.4 Å². The van der Waals surface area contributed by atoms with Gasteiger partial charge >= 0.3 is 0 Å². The van der Waals surface area contributed by atoms with E-state index in [0.717, 1.165) is 0 Å². The second-order valence-corrected chi connectivity index (χ2v) is 2.15. The largest absolute Gasteiger partial charge is 0.265 e. The zero-order valence-electron chi connectivity index (χ0n) is 5.78. The number of rotatable bonds is 1. The van der Waals surface area contributed by atoms with E-state index in [9.17, 15) is 8.78 Å². The number of halogens is 2. The highest BCUT2D eigenvalue weighted by Crippen LogP contribution is 2.24. The number of hydrogen-bond acceptors (Lipinski definition) is 0. The Hall–Kier alpha value is -0.860. The van der Waals surface area contributed by atoms with E-state index in [0.29, 0.717) is 11.3 Å². The van der Waals surface area contributed by atoms with E-state index < -0.39 is 6.43 Å². The molecule has 1 rings (SSSR count). The van der Waals surface area contributed by atoms with Crippen LogP contribution in [0.15, 0.2) is 16.8 Å². The Morgan fingerprint density at radius 2 is 2.00 bits per heavy atom. The number of nitrogens with zero attached hydrogens (tertiary/aromatic N) is 1. The lowest BCUT2D eigenvalue weighted by Gasteiger charge is -2.00. The predicted octanol–water partition coefficient (Wildman–Crippen LogP) is 1.85. The minimum atomic E-state index is -2.42. The first-order chi connectivity index (χ1) is 4.63. The lowest BCUT2D eigenvalue weighted by atomic mass is 10.1. The van der Waals surface area contributed by atoms with Gasteiger partial charge in [0.2, 0.25) is 0 Å². The zero-order chi connectivity index (χ0) is 7.72. The molecule has 1 aliphatic rings. The maximum Gasteiger partial charge on any atom is 0.265 e. The second-order valence-electron chi connectivity index (χ2n) is 2.15. The van der Waals surface area contributed by atoms with Gasteiger partial charge in [0.25, 0.3) is 6.43 Å². The molecule has 0 aliphatic carbocycles. The summed E-state index contributed by atoms with van der Waals surface area (Å²) < 4.78 is 24.1. The van der Waals surface area contributed by atoms with Gasteiger partial charge in [0.05, 0.1) is 6.20 Å². The molecular weight excluding hydrogens is 136 g/mol. The van der Waals surface area contributed by atoms with E-state index >= 15 is 0 Å². The highest BCUT2D eigenvalue weighted by Gasteiger charge is 2.21. The first-order valence-electron chi connectivity index (χ1n) is 2.92. The maximum absolute atomic E-state index is 12.1. The normalized spacial score (nSPS) is 17.9. The summed E-state index contributed by atoms with van der Waals surface area (Å²) >= 11 is 0. The van der Waals surface area contributed by atoms with E-state index in [1.54, 1.807) is 13.8 Å². The fourth-order valence-corrected chi connectivity index (χ4v) is 0.881. The van der Waals surface area contributed by atoms with Gasteiger partial charge in [-0.15, -0.1) is 0 Å². The first-order valence-corrected chi connectivity index (χ1v) is 2.92. The summed E-state index contributed by atoms with van der Waals surface area (Å²) in [6, 6.07) is 0. The Morgan fingerprint density at radius 3 is 2.20 bits per heavy atom. The number of alkyl halides is 2. The smallest absolute Gasteiger partial charge is 0.251 e. The van der Waals surface area contributed by atoms with Crippen LogP contribution < -0.4 is 5.32 Å². The van der Waals surface area contributed by atoms with Crippen molar-refractivity contribution in [1.82, 2.24) is 5.32 Å². The third-order valence-electron chi connectivity index (χ3n) is 1.40. The summed E-state index contributed by atoms with van der Waals surface area (Å²) in [6.45, 7) is 3.15. The van der Waals surface area contributed by atoms with Crippen molar-refractivity contribution < 1.29 is 8.78 Å². The molecule has 0 saturated heterocycles. The monoisotopic (exact) mass is 143 g/mol. The second kappa shape index (κ2) is 2.40. The van der Waals surface area contributed by atoms with Gasteiger partial charge in [-0.2, -0.15) is 0 Å². The fraction of sp³-hybridized carbons (Fsp3) is 0.429. The van der Waals surface area contributed by atoms with Crippen LogP contribution in [0, 0.1) is 6.20 Å². The van der Waals surface area contributed by atoms with Crippen molar-refractivity contribution in [3.05, 3.63) is 23.0 Å². The van der Waals surface area contributed by atoms with Crippen molar-refractivity contribution in [3.63, 3.8) is 0 Å². The zero-order valence-corrected chi connectivity index (χ0v) is 5.78. The highest BCUT2D eigenvalue weighted by molar-refractivity contribution is 5.37. The van der Waals surface area contributed by atoms with Crippen LogP contribution in [0.1, 0.15) is 13.8 Å². The molecule has 54 valence electrons. The van der Waals surface area contributed by atoms with Crippen LogP contribution in [0.3, 0.4) is 0 Å². The van der Waals surface area contributed by atoms with Gasteiger partial charge in [-0.25, -0.2) is 8.78 Å². The molecule has 0 aromatic carbocycles. The molecule has 0 aromatic rings. The molecule has 0 unspecified atom stereocenters. The van der Waals surface area contributed by atoms with Crippen LogP contribution in [0.2, 0.25) is 0 Å². The number of allylic oxidation sites excluding steroid dienone is 3. The Bertz CT molecular complexity index is 204. The molecule has 0 atom stereocenters. The minimum Gasteiger partial charge on any atom is -0.251 e. The lowest BCUT2D eigenvalue weighted by molar-refractivity contribution is 0.191. The first kappa shape index (κ1) is 7.25. The highest BCUT2D eigenvalue weighted by atomic mass is 19.3. The summed E-state index contributed by atoms with van der Waals surface area (Å²) in [5, 5.41) is 3.63. The maximum atomic E-state index is 12.1. The van der Waals surface area contributed by atoms with E-state index in [-0.39, 0.29) is 5.57 Å². The molecular formula is C7H7F2N. The Kier molecular flexibility index (Phi) is 1.74. The molecule has 1 nitrogen and oxygen atoms in total. The summed E-state index contributed by atoms with van der Waals surface area (Å²) in [7, 11) is 0. The average molecular weight is 143 g/mol. The van der Waals surface area contributed by atoms with E-state index in [1.807, 2.05) is 0 Å². The topological polar surface area (TPSA) is 14.1 Å². The molecule has 0 aromatic heterocycles. The molecule has 0 bridgehead atoms. The van der Waals surface area contributed by atoms with Crippen LogP contribution in [-0.2, 0) is 0 Å². The SMILES string of the molecule is CC1=[C][N]C(C)=C1C(F)F. The summed E-state index contributed by atoms with van der Waals surface area (Å²) in [4.78, 5) is 0. The molecule has 0 spiro atoms. The van der Waals surface area contributed by atoms with Crippen molar-refractivity contribution in [3.8, 4) is 0 Å². The molecule has 1 heterocycles. The van der Waals surface area contributed by atoms with E-state index in [1.165, 1.54) is 0 Å². The van der Waals surface area contributed by atoms with Crippen LogP contribution in [0.25, 0.3) is 0 Å². The molecule has 2 radical (unpaired) electrons. The standard InChI is InChI=1S/C7H7F2N/c1-4-3-10-5(2)6(4)7(8)9/h7H,1-2H3. The molecule has 1 aliphatic heterocycles. The predicted molar refractivity (Wildman–Crippen MR) is 33.3 cm³/mol. The van der Waals surface area contributed by atoms with Gasteiger partial charge in [-0.1, -0.05) is 0 Å². The third-order valence-corrected chi connectivity index (χ3v) is 1.40. The third kappa shape index (κ3) is 1.03. The molecule has 0 amide bonds. The van der Waals surface area contributed by atoms with Crippen molar-refractivity contribution in [2.45, 2.75) is 20.3 Å². The molecule has 0 saturated carbocycles. The Balaban J connectivity index is 2.90. The van der Waals surface area contributed by atoms with Crippen molar-refractivity contribution in [2.24, 2.45) is 0 Å². The van der Waals surface area contributed by atoms with E-state index in [4.69, 9.17) is 0 Å². The van der Waals surface area contributed by atoms with Crippen LogP contribution >= 0.6 is 0 Å². The van der Waals surface area contributed by atoms with Gasteiger partial charge in [0, 0.05) is 11.3 Å². The van der Waals surface area contributed by atoms with Crippen LogP contribution in [0.4, 0.5) is 8.78 Å². The summed E-state index contributed by atoms with van der Waals surface area (Å²) in [5.41, 5.74) is 0.861. The fourth-order valence-electron chi connectivity index (χ4n) is 0.881. The molecule has 10 heavy (non-hydrogen) atoms. The Labute approximate surface area is 58.4 Å². The summed E-state index contributed by atoms with van der Waals surface area (Å²) in [5.74, 6) is 0. The van der Waals surface area contributed by atoms with Crippen molar-refractivity contribution in [1.29, 1.82) is 0 Å². The van der Waals surface area contributed by atoms with Gasteiger partial charge in [0.15, 0.2) is 0 Å². The van der Waals surface area contributed by atoms with E-state index in [2.05, 4.69) is 11.5 Å². The van der Waals surface area contributed by atoms with Gasteiger partial charge in [0.1, 0.15) is 0 Å². The number of hydrogen-bond donors (Lipinski definition) is 0. The van der Waals surface area contributed by atoms with Crippen LogP contribution in [-0.4, -0.2) is 6.43 Å². The molecule has 3 heteroatoms. The quantitative estimate of drug-likeness (QED) is 0.531. The van der Waals surface area contributed by atoms with Gasteiger partial charge in [-0.3, -0.25) is 5.32 Å². The van der Waals surface area contributed by atoms with Crippen molar-refractivity contribution in [2.75, 3.05) is 0 Å². The molecule has 0 fully saturated rings. The Morgan fingerprint density at radius 1 is 1.40 bits per heavy atom.